The number of nitrogens with zero attached hydrogens (tertiary/aromatic N) is 2. The second-order valence-corrected chi connectivity index (χ2v) is 9.38. The van der Waals surface area contributed by atoms with E-state index in [1.54, 1.807) is 11.3 Å². The summed E-state index contributed by atoms with van der Waals surface area (Å²) in [5.41, 5.74) is 2.70. The lowest BCUT2D eigenvalue weighted by Crippen LogP contribution is -2.34. The molecule has 1 fully saturated rings. The molecule has 164 valence electrons. The van der Waals surface area contributed by atoms with Gasteiger partial charge in [-0.3, -0.25) is 9.88 Å². The fourth-order valence-electron chi connectivity index (χ4n) is 4.35. The molecule has 0 radical (unpaired) electrons. The molecule has 1 aliphatic heterocycles. The van der Waals surface area contributed by atoms with Gasteiger partial charge in [0.05, 0.1) is 0 Å². The third kappa shape index (κ3) is 6.39. The zero-order valence-electron chi connectivity index (χ0n) is 18.4. The maximum Gasteiger partial charge on any atom is 0.134 e. The average Bonchev–Trinajstić information content (AvgIpc) is 3.35. The van der Waals surface area contributed by atoms with E-state index in [-0.39, 0.29) is 6.10 Å². The number of thiophene rings is 1. The van der Waals surface area contributed by atoms with Gasteiger partial charge in [0.1, 0.15) is 11.9 Å². The predicted octanol–water partition coefficient (Wildman–Crippen LogP) is 5.33. The lowest BCUT2D eigenvalue weighted by Gasteiger charge is -2.32. The summed E-state index contributed by atoms with van der Waals surface area (Å²) in [6.07, 6.45) is 8.55. The fourth-order valence-corrected chi connectivity index (χ4v) is 5.14. The summed E-state index contributed by atoms with van der Waals surface area (Å²) < 4.78 is 6.57. The molecule has 0 spiro atoms. The molecule has 1 atom stereocenters. The summed E-state index contributed by atoms with van der Waals surface area (Å²) in [7, 11) is 2.00. The van der Waals surface area contributed by atoms with E-state index in [0.29, 0.717) is 0 Å². The fraction of sp³-hybridized carbons (Fsp3) is 0.423. The van der Waals surface area contributed by atoms with Crippen molar-refractivity contribution < 1.29 is 4.74 Å². The van der Waals surface area contributed by atoms with Gasteiger partial charge in [-0.05, 0) is 87.1 Å². The Morgan fingerprint density at radius 1 is 1.10 bits per heavy atom. The van der Waals surface area contributed by atoms with E-state index in [4.69, 9.17) is 4.74 Å². The highest BCUT2D eigenvalue weighted by molar-refractivity contribution is 7.10. The Hall–Kier alpha value is -2.21. The number of pyridine rings is 1. The van der Waals surface area contributed by atoms with Gasteiger partial charge in [-0.15, -0.1) is 11.3 Å². The topological polar surface area (TPSA) is 37.4 Å². The van der Waals surface area contributed by atoms with Crippen molar-refractivity contribution in [1.29, 1.82) is 0 Å². The first kappa shape index (κ1) is 22.0. The van der Waals surface area contributed by atoms with Crippen LogP contribution in [0.25, 0.3) is 0 Å². The van der Waals surface area contributed by atoms with Crippen molar-refractivity contribution in [3.05, 3.63) is 82.3 Å². The molecule has 4 nitrogen and oxygen atoms in total. The number of aromatic nitrogens is 1. The van der Waals surface area contributed by atoms with E-state index in [1.165, 1.54) is 35.3 Å². The first-order chi connectivity index (χ1) is 15.3. The predicted molar refractivity (Wildman–Crippen MR) is 129 cm³/mol. The molecule has 0 bridgehead atoms. The summed E-state index contributed by atoms with van der Waals surface area (Å²) >= 11 is 1.78. The van der Waals surface area contributed by atoms with Crippen LogP contribution in [0.5, 0.6) is 5.75 Å². The molecule has 3 heterocycles. The molecule has 0 saturated carbocycles. The normalized spacial score (nSPS) is 16.3. The molecular formula is C26H33N3OS. The van der Waals surface area contributed by atoms with Crippen molar-refractivity contribution in [2.45, 2.75) is 38.3 Å². The van der Waals surface area contributed by atoms with Crippen LogP contribution in [0.15, 0.2) is 66.3 Å². The van der Waals surface area contributed by atoms with Crippen LogP contribution < -0.4 is 10.1 Å². The number of nitrogens with one attached hydrogen (secondary N) is 1. The van der Waals surface area contributed by atoms with Gasteiger partial charge in [0.25, 0.3) is 0 Å². The lowest BCUT2D eigenvalue weighted by molar-refractivity contribution is 0.166. The van der Waals surface area contributed by atoms with Crippen LogP contribution >= 0.6 is 11.3 Å². The van der Waals surface area contributed by atoms with Crippen molar-refractivity contribution in [2.75, 3.05) is 26.7 Å². The first-order valence-corrected chi connectivity index (χ1v) is 12.2. The van der Waals surface area contributed by atoms with Gasteiger partial charge in [-0.2, -0.15) is 0 Å². The van der Waals surface area contributed by atoms with Crippen molar-refractivity contribution >= 4 is 11.3 Å². The smallest absolute Gasteiger partial charge is 0.134 e. The summed E-state index contributed by atoms with van der Waals surface area (Å²) in [5.74, 6) is 1.80. The average molecular weight is 436 g/mol. The van der Waals surface area contributed by atoms with Crippen LogP contribution in [-0.4, -0.2) is 36.6 Å². The summed E-state index contributed by atoms with van der Waals surface area (Å²) in [5, 5.41) is 5.39. The van der Waals surface area contributed by atoms with E-state index in [0.717, 1.165) is 44.3 Å². The SMILES string of the molecule is CNCCC(Oc1ccccc1CN1CCC(Cc2ccncc2)CC1)c1cccs1. The molecule has 0 aliphatic carbocycles. The Labute approximate surface area is 190 Å². The van der Waals surface area contributed by atoms with Gasteiger partial charge in [0.2, 0.25) is 0 Å². The molecule has 2 aromatic heterocycles. The Kier molecular flexibility index (Phi) is 8.11. The molecule has 31 heavy (non-hydrogen) atoms. The lowest BCUT2D eigenvalue weighted by atomic mass is 9.90. The summed E-state index contributed by atoms with van der Waals surface area (Å²) in [4.78, 5) is 8.01. The van der Waals surface area contributed by atoms with Crippen molar-refractivity contribution in [2.24, 2.45) is 5.92 Å². The van der Waals surface area contributed by atoms with Gasteiger partial charge in [-0.1, -0.05) is 24.3 Å². The zero-order valence-corrected chi connectivity index (χ0v) is 19.2. The Morgan fingerprint density at radius 2 is 1.90 bits per heavy atom. The maximum atomic E-state index is 6.57. The molecule has 1 saturated heterocycles. The summed E-state index contributed by atoms with van der Waals surface area (Å²) in [6.45, 7) is 4.20. The third-order valence-corrected chi connectivity index (χ3v) is 7.10. The van der Waals surface area contributed by atoms with E-state index in [9.17, 15) is 0 Å². The quantitative estimate of drug-likeness (QED) is 0.467. The zero-order chi connectivity index (χ0) is 21.3. The number of benzene rings is 1. The number of para-hydroxylation sites is 1. The highest BCUT2D eigenvalue weighted by Gasteiger charge is 2.21. The highest BCUT2D eigenvalue weighted by Crippen LogP contribution is 2.31. The van der Waals surface area contributed by atoms with E-state index >= 15 is 0 Å². The van der Waals surface area contributed by atoms with Gasteiger partial charge in [-0.25, -0.2) is 0 Å². The summed E-state index contributed by atoms with van der Waals surface area (Å²) in [6, 6.07) is 17.2. The minimum atomic E-state index is 0.0969. The number of rotatable bonds is 10. The van der Waals surface area contributed by atoms with Crippen LogP contribution in [0.3, 0.4) is 0 Å². The monoisotopic (exact) mass is 435 g/mol. The minimum Gasteiger partial charge on any atom is -0.485 e. The van der Waals surface area contributed by atoms with Crippen LogP contribution in [0.2, 0.25) is 0 Å². The molecule has 5 heteroatoms. The molecule has 4 rings (SSSR count). The van der Waals surface area contributed by atoms with E-state index < -0.39 is 0 Å². The van der Waals surface area contributed by atoms with Gasteiger partial charge in [0, 0.05) is 35.8 Å². The van der Waals surface area contributed by atoms with E-state index in [2.05, 4.69) is 69.1 Å². The molecule has 0 amide bonds. The van der Waals surface area contributed by atoms with Crippen molar-refractivity contribution in [3.63, 3.8) is 0 Å². The third-order valence-electron chi connectivity index (χ3n) is 6.13. The molecule has 1 N–H and O–H groups in total. The number of ether oxygens (including phenoxy) is 1. The van der Waals surface area contributed by atoms with Crippen molar-refractivity contribution in [1.82, 2.24) is 15.2 Å². The largest absolute Gasteiger partial charge is 0.485 e. The molecule has 1 aromatic carbocycles. The first-order valence-electron chi connectivity index (χ1n) is 11.4. The number of piperidine rings is 1. The molecular weight excluding hydrogens is 402 g/mol. The van der Waals surface area contributed by atoms with Crippen LogP contribution in [0.4, 0.5) is 0 Å². The second kappa shape index (κ2) is 11.4. The van der Waals surface area contributed by atoms with E-state index in [1.807, 2.05) is 19.4 Å². The highest BCUT2D eigenvalue weighted by atomic mass is 32.1. The van der Waals surface area contributed by atoms with Crippen LogP contribution in [0.1, 0.15) is 41.4 Å². The minimum absolute atomic E-state index is 0.0969. The number of likely N-dealkylation sites (tertiary alicyclic amines) is 1. The second-order valence-electron chi connectivity index (χ2n) is 8.40. The van der Waals surface area contributed by atoms with Gasteiger partial charge < -0.3 is 10.1 Å². The maximum absolute atomic E-state index is 6.57. The molecule has 1 unspecified atom stereocenters. The number of hydrogen-bond donors (Lipinski definition) is 1. The molecule has 3 aromatic rings. The Bertz CT molecular complexity index is 892. The van der Waals surface area contributed by atoms with Crippen molar-refractivity contribution in [3.8, 4) is 5.75 Å². The standard InChI is InChI=1S/C26H33N3OS/c1-27-13-10-25(26-7-4-18-31-26)30-24-6-3-2-5-23(24)20-29-16-11-22(12-17-29)19-21-8-14-28-15-9-21/h2-9,14-15,18,22,25,27H,10-13,16-17,19-20H2,1H3. The Balaban J connectivity index is 1.35. The van der Waals surface area contributed by atoms with Crippen LogP contribution in [0, 0.1) is 5.92 Å². The number of hydrogen-bond acceptors (Lipinski definition) is 5. The van der Waals surface area contributed by atoms with Gasteiger partial charge >= 0.3 is 0 Å². The van der Waals surface area contributed by atoms with Gasteiger partial charge in [0.15, 0.2) is 0 Å². The van der Waals surface area contributed by atoms with Crippen LogP contribution in [-0.2, 0) is 13.0 Å². The Morgan fingerprint density at radius 3 is 2.65 bits per heavy atom. The molecule has 1 aliphatic rings.